The average Bonchev–Trinajstić information content (AvgIpc) is 3.14. The van der Waals surface area contributed by atoms with Crippen LogP contribution in [0.15, 0.2) is 10.6 Å². The second-order valence-electron chi connectivity index (χ2n) is 5.07. The summed E-state index contributed by atoms with van der Waals surface area (Å²) in [6, 6.07) is 1.56. The van der Waals surface area contributed by atoms with E-state index in [4.69, 9.17) is 9.26 Å². The van der Waals surface area contributed by atoms with Crippen LogP contribution < -0.4 is 5.32 Å². The number of thiophene rings is 1. The Morgan fingerprint density at radius 1 is 1.45 bits per heavy atom. The van der Waals surface area contributed by atoms with E-state index in [2.05, 4.69) is 10.5 Å². The maximum atomic E-state index is 12.2. The second kappa shape index (κ2) is 5.92. The van der Waals surface area contributed by atoms with Gasteiger partial charge in [0.25, 0.3) is 5.91 Å². The molecule has 0 bridgehead atoms. The maximum absolute atomic E-state index is 12.2. The van der Waals surface area contributed by atoms with Crippen molar-refractivity contribution in [3.05, 3.63) is 33.5 Å². The summed E-state index contributed by atoms with van der Waals surface area (Å²) >= 11 is 1.44. The fourth-order valence-corrected chi connectivity index (χ4v) is 3.82. The van der Waals surface area contributed by atoms with Crippen LogP contribution in [-0.2, 0) is 17.6 Å². The van der Waals surface area contributed by atoms with E-state index in [1.807, 2.05) is 0 Å². The summed E-state index contributed by atoms with van der Waals surface area (Å²) in [6.07, 6.45) is 2.81. The van der Waals surface area contributed by atoms with E-state index in [0.717, 1.165) is 29.7 Å². The maximum Gasteiger partial charge on any atom is 0.341 e. The Balaban J connectivity index is 1.90. The summed E-state index contributed by atoms with van der Waals surface area (Å²) in [4.78, 5) is 25.5. The van der Waals surface area contributed by atoms with Gasteiger partial charge in [0.05, 0.1) is 17.9 Å². The Kier molecular flexibility index (Phi) is 3.98. The van der Waals surface area contributed by atoms with E-state index in [1.54, 1.807) is 19.9 Å². The standard InChI is InChI=1S/C15H16N2O4S/c1-3-20-15(19)12-9-5-4-6-11(9)22-14(12)16-13(18)10-7-8(2)17-21-10/h7H,3-6H2,1-2H3,(H,16,18). The number of esters is 1. The summed E-state index contributed by atoms with van der Waals surface area (Å²) in [5.74, 6) is -0.669. The lowest BCUT2D eigenvalue weighted by Gasteiger charge is -2.06. The van der Waals surface area contributed by atoms with Crippen molar-refractivity contribution in [1.82, 2.24) is 5.16 Å². The van der Waals surface area contributed by atoms with Crippen molar-refractivity contribution >= 4 is 28.2 Å². The first-order valence-electron chi connectivity index (χ1n) is 7.16. The summed E-state index contributed by atoms with van der Waals surface area (Å²) < 4.78 is 10.1. The Labute approximate surface area is 131 Å². The molecule has 1 aliphatic carbocycles. The van der Waals surface area contributed by atoms with E-state index in [9.17, 15) is 9.59 Å². The molecule has 22 heavy (non-hydrogen) atoms. The van der Waals surface area contributed by atoms with Crippen molar-refractivity contribution in [3.8, 4) is 0 Å². The SMILES string of the molecule is CCOC(=O)c1c(NC(=O)c2cc(C)no2)sc2c1CCC2. The zero-order valence-corrected chi connectivity index (χ0v) is 13.2. The molecule has 116 valence electrons. The Bertz CT molecular complexity index is 732. The molecule has 2 aromatic heterocycles. The van der Waals surface area contributed by atoms with E-state index < -0.39 is 5.91 Å². The molecule has 0 saturated carbocycles. The molecule has 1 N–H and O–H groups in total. The molecule has 2 aromatic rings. The van der Waals surface area contributed by atoms with Gasteiger partial charge >= 0.3 is 5.97 Å². The predicted octanol–water partition coefficient (Wildman–Crippen LogP) is 2.96. The lowest BCUT2D eigenvalue weighted by atomic mass is 10.1. The van der Waals surface area contributed by atoms with E-state index in [1.165, 1.54) is 11.3 Å². The van der Waals surface area contributed by atoms with Gasteiger partial charge in [-0.3, -0.25) is 4.79 Å². The summed E-state index contributed by atoms with van der Waals surface area (Å²) in [7, 11) is 0. The van der Waals surface area contributed by atoms with Gasteiger partial charge < -0.3 is 14.6 Å². The molecule has 1 amide bonds. The van der Waals surface area contributed by atoms with Crippen molar-refractivity contribution in [1.29, 1.82) is 0 Å². The summed E-state index contributed by atoms with van der Waals surface area (Å²) in [5, 5.41) is 6.98. The van der Waals surface area contributed by atoms with Gasteiger partial charge in [-0.2, -0.15) is 0 Å². The molecule has 7 heteroatoms. The highest BCUT2D eigenvalue weighted by atomic mass is 32.1. The van der Waals surface area contributed by atoms with Gasteiger partial charge in [0.2, 0.25) is 5.76 Å². The minimum atomic E-state index is -0.411. The minimum Gasteiger partial charge on any atom is -0.462 e. The molecule has 1 aliphatic rings. The molecule has 0 spiro atoms. The predicted molar refractivity (Wildman–Crippen MR) is 81.5 cm³/mol. The molecular formula is C15H16N2O4S. The first kappa shape index (κ1) is 14.8. The number of hydrogen-bond donors (Lipinski definition) is 1. The molecular weight excluding hydrogens is 304 g/mol. The van der Waals surface area contributed by atoms with Gasteiger partial charge in [-0.25, -0.2) is 4.79 Å². The van der Waals surface area contributed by atoms with Gasteiger partial charge in [-0.05, 0) is 38.7 Å². The van der Waals surface area contributed by atoms with Crippen LogP contribution in [0.2, 0.25) is 0 Å². The van der Waals surface area contributed by atoms with Gasteiger partial charge in [0.1, 0.15) is 5.00 Å². The van der Waals surface area contributed by atoms with Crippen molar-refractivity contribution in [3.63, 3.8) is 0 Å². The molecule has 0 fully saturated rings. The molecule has 0 atom stereocenters. The number of ether oxygens (including phenoxy) is 1. The fraction of sp³-hybridized carbons (Fsp3) is 0.400. The van der Waals surface area contributed by atoms with Gasteiger partial charge in [-0.15, -0.1) is 11.3 Å². The van der Waals surface area contributed by atoms with Crippen molar-refractivity contribution in [2.75, 3.05) is 11.9 Å². The second-order valence-corrected chi connectivity index (χ2v) is 6.17. The van der Waals surface area contributed by atoms with Crippen molar-refractivity contribution < 1.29 is 18.8 Å². The number of hydrogen-bond acceptors (Lipinski definition) is 6. The molecule has 2 heterocycles. The Morgan fingerprint density at radius 2 is 2.27 bits per heavy atom. The highest BCUT2D eigenvalue weighted by molar-refractivity contribution is 7.17. The molecule has 6 nitrogen and oxygen atoms in total. The highest BCUT2D eigenvalue weighted by Crippen LogP contribution is 2.39. The number of amides is 1. The number of rotatable bonds is 4. The zero-order valence-electron chi connectivity index (χ0n) is 12.4. The van der Waals surface area contributed by atoms with Gasteiger partial charge in [-0.1, -0.05) is 5.16 Å². The molecule has 0 aromatic carbocycles. The lowest BCUT2D eigenvalue weighted by Crippen LogP contribution is -2.14. The van der Waals surface area contributed by atoms with E-state index in [0.29, 0.717) is 22.9 Å². The molecule has 0 unspecified atom stereocenters. The number of fused-ring (bicyclic) bond motifs is 1. The average molecular weight is 320 g/mol. The normalized spacial score (nSPS) is 13.0. The molecule has 0 radical (unpaired) electrons. The van der Waals surface area contributed by atoms with Crippen LogP contribution in [0.5, 0.6) is 0 Å². The number of carbonyl (C=O) groups excluding carboxylic acids is 2. The van der Waals surface area contributed by atoms with Crippen LogP contribution in [0.1, 0.15) is 50.4 Å². The fourth-order valence-electron chi connectivity index (χ4n) is 2.55. The summed E-state index contributed by atoms with van der Waals surface area (Å²) in [6.45, 7) is 3.81. The van der Waals surface area contributed by atoms with Crippen LogP contribution in [0.25, 0.3) is 0 Å². The topological polar surface area (TPSA) is 81.4 Å². The van der Waals surface area contributed by atoms with Crippen LogP contribution >= 0.6 is 11.3 Å². The Morgan fingerprint density at radius 3 is 2.95 bits per heavy atom. The third-order valence-corrected chi connectivity index (χ3v) is 4.69. The van der Waals surface area contributed by atoms with Crippen molar-refractivity contribution in [2.24, 2.45) is 0 Å². The molecule has 0 aliphatic heterocycles. The quantitative estimate of drug-likeness (QED) is 0.876. The highest BCUT2D eigenvalue weighted by Gasteiger charge is 2.28. The van der Waals surface area contributed by atoms with Crippen molar-refractivity contribution in [2.45, 2.75) is 33.1 Å². The number of aryl methyl sites for hydroxylation is 2. The molecule has 3 rings (SSSR count). The van der Waals surface area contributed by atoms with Crippen LogP contribution in [0.4, 0.5) is 5.00 Å². The number of carbonyl (C=O) groups is 2. The lowest BCUT2D eigenvalue weighted by molar-refractivity contribution is 0.0527. The largest absolute Gasteiger partial charge is 0.462 e. The van der Waals surface area contributed by atoms with Crippen LogP contribution in [0, 0.1) is 6.92 Å². The summed E-state index contributed by atoms with van der Waals surface area (Å²) in [5.41, 5.74) is 2.13. The minimum absolute atomic E-state index is 0.126. The third-order valence-electron chi connectivity index (χ3n) is 3.48. The number of nitrogens with one attached hydrogen (secondary N) is 1. The van der Waals surface area contributed by atoms with Gasteiger partial charge in [0.15, 0.2) is 0 Å². The van der Waals surface area contributed by atoms with E-state index >= 15 is 0 Å². The molecule has 0 saturated heterocycles. The van der Waals surface area contributed by atoms with Gasteiger partial charge in [0, 0.05) is 10.9 Å². The zero-order chi connectivity index (χ0) is 15.7. The first-order valence-corrected chi connectivity index (χ1v) is 7.98. The first-order chi connectivity index (χ1) is 10.6. The van der Waals surface area contributed by atoms with E-state index in [-0.39, 0.29) is 11.7 Å². The number of nitrogens with zero attached hydrogens (tertiary/aromatic N) is 1. The third kappa shape index (κ3) is 2.64. The monoisotopic (exact) mass is 320 g/mol. The Hall–Kier alpha value is -2.15. The number of aromatic nitrogens is 1. The smallest absolute Gasteiger partial charge is 0.341 e. The van der Waals surface area contributed by atoms with Crippen LogP contribution in [-0.4, -0.2) is 23.6 Å². The van der Waals surface area contributed by atoms with Crippen LogP contribution in [0.3, 0.4) is 0 Å². The number of anilines is 1.